The Kier molecular flexibility index (Phi) is 4.65. The van der Waals surface area contributed by atoms with Crippen LogP contribution in [0.2, 0.25) is 0 Å². The molecule has 0 aromatic rings. The van der Waals surface area contributed by atoms with Crippen LogP contribution in [0, 0.1) is 6.61 Å². The van der Waals surface area contributed by atoms with Crippen LogP contribution in [0.25, 0.3) is 0 Å². The summed E-state index contributed by atoms with van der Waals surface area (Å²) in [6.45, 7) is 8.56. The van der Waals surface area contributed by atoms with E-state index >= 15 is 0 Å². The van der Waals surface area contributed by atoms with E-state index in [2.05, 4.69) is 0 Å². The number of hydrogen-bond acceptors (Lipinski definition) is 2. The molecule has 0 aromatic carbocycles. The maximum Gasteiger partial charge on any atom is 0.0864 e. The molecule has 0 spiro atoms. The van der Waals surface area contributed by atoms with E-state index in [1.165, 1.54) is 0 Å². The Labute approximate surface area is 63.5 Å². The minimum absolute atomic E-state index is 0.0881. The van der Waals surface area contributed by atoms with Crippen molar-refractivity contribution in [3.05, 3.63) is 6.61 Å². The van der Waals surface area contributed by atoms with Crippen LogP contribution in [0.3, 0.4) is 0 Å². The van der Waals surface area contributed by atoms with E-state index in [1.54, 1.807) is 13.7 Å². The first-order valence-electron chi connectivity index (χ1n) is 3.61. The van der Waals surface area contributed by atoms with E-state index in [4.69, 9.17) is 9.47 Å². The quantitative estimate of drug-likeness (QED) is 0.551. The first-order chi connectivity index (χ1) is 4.62. The van der Waals surface area contributed by atoms with Gasteiger partial charge in [0.15, 0.2) is 0 Å². The Bertz CT molecular complexity index is 79.3. The maximum absolute atomic E-state index is 5.17. The summed E-state index contributed by atoms with van der Waals surface area (Å²) in [4.78, 5) is 0. The highest BCUT2D eigenvalue weighted by Gasteiger charge is 2.15. The van der Waals surface area contributed by atoms with Crippen molar-refractivity contribution >= 4 is 0 Å². The smallest absolute Gasteiger partial charge is 0.0864 e. The van der Waals surface area contributed by atoms with Gasteiger partial charge in [0.1, 0.15) is 0 Å². The third-order valence-electron chi connectivity index (χ3n) is 1.41. The van der Waals surface area contributed by atoms with Crippen LogP contribution in [-0.2, 0) is 9.47 Å². The molecule has 0 aromatic heterocycles. The van der Waals surface area contributed by atoms with E-state index in [0.717, 1.165) is 13.0 Å². The molecule has 0 bridgehead atoms. The molecular weight excluding hydrogens is 128 g/mol. The highest BCUT2D eigenvalue weighted by atomic mass is 16.5. The molecule has 61 valence electrons. The van der Waals surface area contributed by atoms with Gasteiger partial charge in [0, 0.05) is 20.1 Å². The summed E-state index contributed by atoms with van der Waals surface area (Å²) in [5.74, 6) is 0. The van der Waals surface area contributed by atoms with Crippen LogP contribution in [0.5, 0.6) is 0 Å². The summed E-state index contributed by atoms with van der Waals surface area (Å²) < 4.78 is 10.2. The molecule has 0 N–H and O–H groups in total. The summed E-state index contributed by atoms with van der Waals surface area (Å²) in [6.07, 6.45) is 0.831. The van der Waals surface area contributed by atoms with Gasteiger partial charge in [0.2, 0.25) is 0 Å². The lowest BCUT2D eigenvalue weighted by molar-refractivity contribution is 0.00769. The summed E-state index contributed by atoms with van der Waals surface area (Å²) in [6, 6.07) is 0. The molecule has 0 atom stereocenters. The molecule has 10 heavy (non-hydrogen) atoms. The third kappa shape index (κ3) is 4.77. The second-order valence-electron chi connectivity index (χ2n) is 2.79. The van der Waals surface area contributed by atoms with Crippen molar-refractivity contribution in [1.29, 1.82) is 0 Å². The Morgan fingerprint density at radius 1 is 1.40 bits per heavy atom. The summed E-state index contributed by atoms with van der Waals surface area (Å²) in [5, 5.41) is 0. The predicted octanol–water partition coefficient (Wildman–Crippen LogP) is 2.00. The van der Waals surface area contributed by atoms with Crippen LogP contribution >= 0.6 is 0 Å². The summed E-state index contributed by atoms with van der Waals surface area (Å²) >= 11 is 0. The largest absolute Gasteiger partial charge is 0.379 e. The number of rotatable bonds is 5. The second-order valence-corrected chi connectivity index (χ2v) is 2.79. The normalized spacial score (nSPS) is 12.0. The maximum atomic E-state index is 5.17. The molecule has 0 amide bonds. The van der Waals surface area contributed by atoms with Gasteiger partial charge in [-0.15, -0.1) is 0 Å². The van der Waals surface area contributed by atoms with Gasteiger partial charge in [0.05, 0.1) is 12.2 Å². The highest BCUT2D eigenvalue weighted by Crippen LogP contribution is 2.14. The lowest BCUT2D eigenvalue weighted by atomic mass is 10.1. The van der Waals surface area contributed by atoms with Gasteiger partial charge in [-0.3, -0.25) is 0 Å². The van der Waals surface area contributed by atoms with Gasteiger partial charge >= 0.3 is 0 Å². The molecule has 0 rings (SSSR count). The van der Waals surface area contributed by atoms with Gasteiger partial charge in [-0.2, -0.15) is 0 Å². The lowest BCUT2D eigenvalue weighted by Crippen LogP contribution is -2.22. The molecule has 0 unspecified atom stereocenters. The van der Waals surface area contributed by atoms with Gasteiger partial charge in [0.25, 0.3) is 0 Å². The summed E-state index contributed by atoms with van der Waals surface area (Å²) in [7, 11) is 1.71. The second kappa shape index (κ2) is 4.69. The first kappa shape index (κ1) is 9.92. The van der Waals surface area contributed by atoms with Gasteiger partial charge in [-0.05, 0) is 20.8 Å². The van der Waals surface area contributed by atoms with Crippen LogP contribution < -0.4 is 0 Å². The Morgan fingerprint density at radius 3 is 2.40 bits per heavy atom. The molecular formula is C8H17O2. The van der Waals surface area contributed by atoms with Crippen LogP contribution in [0.15, 0.2) is 0 Å². The fourth-order valence-electron chi connectivity index (χ4n) is 0.461. The van der Waals surface area contributed by atoms with Gasteiger partial charge in [-0.25, -0.2) is 0 Å². The standard InChI is InChI=1S/C8H17O2/c1-5-10-7-6-8(2,3)9-4/h7H,5-6H2,1-4H3. The van der Waals surface area contributed by atoms with Gasteiger partial charge < -0.3 is 9.47 Å². The average Bonchev–Trinajstić information content (AvgIpc) is 1.89. The molecule has 0 saturated carbocycles. The van der Waals surface area contributed by atoms with Crippen molar-refractivity contribution in [2.24, 2.45) is 0 Å². The fourth-order valence-corrected chi connectivity index (χ4v) is 0.461. The molecule has 0 aliphatic carbocycles. The minimum Gasteiger partial charge on any atom is -0.379 e. The van der Waals surface area contributed by atoms with E-state index in [0.29, 0.717) is 0 Å². The van der Waals surface area contributed by atoms with Crippen molar-refractivity contribution in [2.45, 2.75) is 32.8 Å². The van der Waals surface area contributed by atoms with Crippen LogP contribution in [0.4, 0.5) is 0 Å². The molecule has 0 fully saturated rings. The monoisotopic (exact) mass is 145 g/mol. The van der Waals surface area contributed by atoms with E-state index in [9.17, 15) is 0 Å². The molecule has 0 heterocycles. The van der Waals surface area contributed by atoms with Gasteiger partial charge in [-0.1, -0.05) is 0 Å². The van der Waals surface area contributed by atoms with E-state index in [1.807, 2.05) is 20.8 Å². The number of hydrogen-bond donors (Lipinski definition) is 0. The summed E-state index contributed by atoms with van der Waals surface area (Å²) in [5.41, 5.74) is -0.0881. The third-order valence-corrected chi connectivity index (χ3v) is 1.41. The highest BCUT2D eigenvalue weighted by molar-refractivity contribution is 4.72. The average molecular weight is 145 g/mol. The zero-order valence-corrected chi connectivity index (χ0v) is 7.31. The predicted molar refractivity (Wildman–Crippen MR) is 41.6 cm³/mol. The minimum atomic E-state index is -0.0881. The van der Waals surface area contributed by atoms with E-state index in [-0.39, 0.29) is 5.60 Å². The molecule has 0 aliphatic heterocycles. The van der Waals surface area contributed by atoms with Crippen LogP contribution in [-0.4, -0.2) is 19.3 Å². The van der Waals surface area contributed by atoms with Crippen molar-refractivity contribution in [3.8, 4) is 0 Å². The Morgan fingerprint density at radius 2 is 2.00 bits per heavy atom. The zero-order valence-electron chi connectivity index (χ0n) is 7.31. The molecule has 2 nitrogen and oxygen atoms in total. The molecule has 1 radical (unpaired) electrons. The Hall–Kier alpha value is -0.0800. The van der Waals surface area contributed by atoms with Crippen molar-refractivity contribution < 1.29 is 9.47 Å². The van der Waals surface area contributed by atoms with Crippen molar-refractivity contribution in [1.82, 2.24) is 0 Å². The first-order valence-corrected chi connectivity index (χ1v) is 3.61. The molecule has 0 aliphatic rings. The molecule has 2 heteroatoms. The lowest BCUT2D eigenvalue weighted by Gasteiger charge is -2.21. The SMILES string of the molecule is CCO[CH]CC(C)(C)OC. The fraction of sp³-hybridized carbons (Fsp3) is 0.875. The number of ether oxygens (including phenoxy) is 2. The molecule has 0 saturated heterocycles. The Balaban J connectivity index is 3.28. The number of methoxy groups -OCH3 is 1. The zero-order chi connectivity index (χ0) is 8.04. The van der Waals surface area contributed by atoms with E-state index < -0.39 is 0 Å². The topological polar surface area (TPSA) is 18.5 Å². The van der Waals surface area contributed by atoms with Crippen molar-refractivity contribution in [2.75, 3.05) is 13.7 Å². The van der Waals surface area contributed by atoms with Crippen LogP contribution in [0.1, 0.15) is 27.2 Å². The van der Waals surface area contributed by atoms with Crippen molar-refractivity contribution in [3.63, 3.8) is 0 Å².